The predicted molar refractivity (Wildman–Crippen MR) is 135 cm³/mol. The molecule has 1 unspecified atom stereocenters. The smallest absolute Gasteiger partial charge is 0.253 e. The molecule has 0 spiro atoms. The maximum atomic E-state index is 12.2. The van der Waals surface area contributed by atoms with Crippen molar-refractivity contribution in [2.45, 2.75) is 33.7 Å². The van der Waals surface area contributed by atoms with E-state index in [1.54, 1.807) is 12.3 Å². The van der Waals surface area contributed by atoms with E-state index in [4.69, 9.17) is 4.74 Å². The highest BCUT2D eigenvalue weighted by Crippen LogP contribution is 2.27. The Hall–Kier alpha value is -4.20. The lowest BCUT2D eigenvalue weighted by Gasteiger charge is -2.30. The Morgan fingerprint density at radius 3 is 2.29 bits per heavy atom. The van der Waals surface area contributed by atoms with E-state index in [0.717, 1.165) is 11.4 Å². The molecule has 1 heterocycles. The van der Waals surface area contributed by atoms with Gasteiger partial charge in [-0.1, -0.05) is 45.0 Å². The van der Waals surface area contributed by atoms with Crippen molar-refractivity contribution in [3.05, 3.63) is 87.3 Å². The summed E-state index contributed by atoms with van der Waals surface area (Å²) in [5, 5.41) is 9.27. The van der Waals surface area contributed by atoms with Gasteiger partial charge in [0.15, 0.2) is 0 Å². The van der Waals surface area contributed by atoms with Crippen molar-refractivity contribution in [2.24, 2.45) is 5.41 Å². The van der Waals surface area contributed by atoms with E-state index < -0.39 is 10.9 Å². The summed E-state index contributed by atoms with van der Waals surface area (Å²) in [5.74, 6) is 2.13. The molecule has 0 aliphatic carbocycles. The van der Waals surface area contributed by atoms with Gasteiger partial charge in [-0.3, -0.25) is 9.59 Å². The fraction of sp³-hybridized carbons (Fsp3) is 0.231. The Balaban J connectivity index is 1.48. The van der Waals surface area contributed by atoms with E-state index in [2.05, 4.69) is 46.7 Å². The van der Waals surface area contributed by atoms with Crippen LogP contribution in [-0.2, 0) is 0 Å². The standard InChI is InChI=1S/C26H27N5O3/c1-16(26(2,3)4)28-21-22(24(33)23(21)32)30-20-13-14-27-25(31-20)29-17-9-8-12-19(15-17)34-18-10-6-5-7-11-18/h5-16,28H,1-4H3,(H2,27,29,30,31). The summed E-state index contributed by atoms with van der Waals surface area (Å²) < 4.78 is 5.87. The van der Waals surface area contributed by atoms with Gasteiger partial charge in [-0.05, 0) is 42.7 Å². The third-order valence-corrected chi connectivity index (χ3v) is 5.55. The van der Waals surface area contributed by atoms with Crippen LogP contribution in [0.15, 0.2) is 76.4 Å². The molecule has 0 saturated heterocycles. The molecule has 174 valence electrons. The van der Waals surface area contributed by atoms with Crippen LogP contribution in [0, 0.1) is 5.41 Å². The molecular weight excluding hydrogens is 430 g/mol. The SMILES string of the molecule is CC(Nc1c(Nc2ccnc(Nc3cccc(Oc4ccccc4)c3)n2)c(=O)c1=O)C(C)(C)C. The number of hydrogen-bond donors (Lipinski definition) is 3. The topological polar surface area (TPSA) is 105 Å². The number of anilines is 5. The first-order chi connectivity index (χ1) is 16.2. The van der Waals surface area contributed by atoms with Crippen LogP contribution >= 0.6 is 0 Å². The molecule has 3 N–H and O–H groups in total. The van der Waals surface area contributed by atoms with E-state index in [9.17, 15) is 9.59 Å². The molecule has 4 aromatic rings. The van der Waals surface area contributed by atoms with Gasteiger partial charge < -0.3 is 20.7 Å². The molecule has 1 aromatic heterocycles. The van der Waals surface area contributed by atoms with Crippen LogP contribution in [0.2, 0.25) is 0 Å². The predicted octanol–water partition coefficient (Wildman–Crippen LogP) is 5.20. The molecule has 0 saturated carbocycles. The molecular formula is C26H27N5O3. The van der Waals surface area contributed by atoms with Crippen molar-refractivity contribution in [1.29, 1.82) is 0 Å². The summed E-state index contributed by atoms with van der Waals surface area (Å²) >= 11 is 0. The lowest BCUT2D eigenvalue weighted by Crippen LogP contribution is -2.41. The number of aromatic nitrogens is 2. The number of para-hydroxylation sites is 1. The summed E-state index contributed by atoms with van der Waals surface area (Å²) in [7, 11) is 0. The van der Waals surface area contributed by atoms with E-state index >= 15 is 0 Å². The third-order valence-electron chi connectivity index (χ3n) is 5.55. The van der Waals surface area contributed by atoms with Crippen LogP contribution in [-0.4, -0.2) is 16.0 Å². The molecule has 0 amide bonds. The fourth-order valence-electron chi connectivity index (χ4n) is 3.09. The molecule has 0 aliphatic rings. The summed E-state index contributed by atoms with van der Waals surface area (Å²) in [4.78, 5) is 33.0. The van der Waals surface area contributed by atoms with Gasteiger partial charge in [-0.25, -0.2) is 4.98 Å². The Bertz CT molecular complexity index is 1360. The molecule has 0 bridgehead atoms. The highest BCUT2D eigenvalue weighted by molar-refractivity contribution is 5.78. The van der Waals surface area contributed by atoms with Gasteiger partial charge in [-0.2, -0.15) is 4.98 Å². The molecule has 1 atom stereocenters. The van der Waals surface area contributed by atoms with Crippen LogP contribution < -0.4 is 31.5 Å². The third kappa shape index (κ3) is 5.23. The summed E-state index contributed by atoms with van der Waals surface area (Å²) in [6.45, 7) is 8.16. The first-order valence-electron chi connectivity index (χ1n) is 11.0. The second-order valence-electron chi connectivity index (χ2n) is 9.10. The molecule has 0 fully saturated rings. The van der Waals surface area contributed by atoms with Crippen LogP contribution in [0.1, 0.15) is 27.7 Å². The van der Waals surface area contributed by atoms with Gasteiger partial charge in [0.25, 0.3) is 10.9 Å². The maximum Gasteiger partial charge on any atom is 0.253 e. The van der Waals surface area contributed by atoms with Gasteiger partial charge in [0.05, 0.1) is 0 Å². The maximum absolute atomic E-state index is 12.2. The zero-order chi connectivity index (χ0) is 24.3. The highest BCUT2D eigenvalue weighted by Gasteiger charge is 2.27. The fourth-order valence-corrected chi connectivity index (χ4v) is 3.09. The Kier molecular flexibility index (Phi) is 6.32. The van der Waals surface area contributed by atoms with Gasteiger partial charge >= 0.3 is 0 Å². The monoisotopic (exact) mass is 457 g/mol. The minimum absolute atomic E-state index is 0.00985. The summed E-state index contributed by atoms with van der Waals surface area (Å²) in [5.41, 5.74) is 0.0574. The molecule has 8 heteroatoms. The van der Waals surface area contributed by atoms with Gasteiger partial charge in [0, 0.05) is 24.0 Å². The number of rotatable bonds is 8. The first kappa shape index (κ1) is 23.0. The Labute approximate surface area is 197 Å². The van der Waals surface area contributed by atoms with E-state index in [1.807, 2.05) is 61.5 Å². The van der Waals surface area contributed by atoms with E-state index in [1.165, 1.54) is 0 Å². The zero-order valence-electron chi connectivity index (χ0n) is 19.5. The molecule has 8 nitrogen and oxygen atoms in total. The quantitative estimate of drug-likeness (QED) is 0.310. The zero-order valence-corrected chi connectivity index (χ0v) is 19.5. The van der Waals surface area contributed by atoms with Crippen molar-refractivity contribution in [1.82, 2.24) is 9.97 Å². The van der Waals surface area contributed by atoms with Crippen LogP contribution in [0.4, 0.5) is 28.8 Å². The molecule has 3 aromatic carbocycles. The average Bonchev–Trinajstić information content (AvgIpc) is 2.81. The van der Waals surface area contributed by atoms with Crippen LogP contribution in [0.25, 0.3) is 0 Å². The minimum Gasteiger partial charge on any atom is -0.457 e. The van der Waals surface area contributed by atoms with E-state index in [-0.39, 0.29) is 22.8 Å². The van der Waals surface area contributed by atoms with Crippen molar-refractivity contribution in [3.8, 4) is 11.5 Å². The normalized spacial score (nSPS) is 12.2. The number of benzene rings is 2. The Morgan fingerprint density at radius 1 is 0.853 bits per heavy atom. The van der Waals surface area contributed by atoms with Crippen molar-refractivity contribution in [3.63, 3.8) is 0 Å². The lowest BCUT2D eigenvalue weighted by molar-refractivity contribution is 0.359. The van der Waals surface area contributed by atoms with E-state index in [0.29, 0.717) is 17.5 Å². The van der Waals surface area contributed by atoms with Crippen molar-refractivity contribution >= 4 is 28.8 Å². The summed E-state index contributed by atoms with van der Waals surface area (Å²) in [6.07, 6.45) is 1.57. The van der Waals surface area contributed by atoms with Gasteiger partial charge in [0.1, 0.15) is 28.7 Å². The number of ether oxygens (including phenoxy) is 1. The molecule has 34 heavy (non-hydrogen) atoms. The molecule has 0 radical (unpaired) electrons. The number of hydrogen-bond acceptors (Lipinski definition) is 8. The summed E-state index contributed by atoms with van der Waals surface area (Å²) in [6, 6.07) is 18.5. The molecule has 4 rings (SSSR count). The average molecular weight is 458 g/mol. The lowest BCUT2D eigenvalue weighted by atomic mass is 9.87. The van der Waals surface area contributed by atoms with Crippen molar-refractivity contribution in [2.75, 3.05) is 16.0 Å². The van der Waals surface area contributed by atoms with Crippen LogP contribution in [0.5, 0.6) is 11.5 Å². The Morgan fingerprint density at radius 2 is 1.56 bits per heavy atom. The van der Waals surface area contributed by atoms with Crippen LogP contribution in [0.3, 0.4) is 0 Å². The second-order valence-corrected chi connectivity index (χ2v) is 9.10. The highest BCUT2D eigenvalue weighted by atomic mass is 16.5. The van der Waals surface area contributed by atoms with Gasteiger partial charge in [-0.15, -0.1) is 0 Å². The minimum atomic E-state index is -0.567. The first-order valence-corrected chi connectivity index (χ1v) is 11.0. The van der Waals surface area contributed by atoms with Crippen molar-refractivity contribution < 1.29 is 4.74 Å². The van der Waals surface area contributed by atoms with Gasteiger partial charge in [0.2, 0.25) is 5.95 Å². The largest absolute Gasteiger partial charge is 0.457 e. The number of nitrogens with zero attached hydrogens (tertiary/aromatic N) is 2. The molecule has 0 aliphatic heterocycles. The number of nitrogens with one attached hydrogen (secondary N) is 3. The second kappa shape index (κ2) is 9.35.